The van der Waals surface area contributed by atoms with Crippen LogP contribution in [0.3, 0.4) is 0 Å². The van der Waals surface area contributed by atoms with Crippen molar-refractivity contribution < 1.29 is 4.79 Å². The van der Waals surface area contributed by atoms with E-state index < -0.39 is 0 Å². The van der Waals surface area contributed by atoms with Crippen LogP contribution in [-0.2, 0) is 4.79 Å². The van der Waals surface area contributed by atoms with Gasteiger partial charge in [0, 0.05) is 19.5 Å². The van der Waals surface area contributed by atoms with E-state index in [0.717, 1.165) is 25.9 Å². The van der Waals surface area contributed by atoms with Crippen LogP contribution in [0.4, 0.5) is 0 Å². The lowest BCUT2D eigenvalue weighted by atomic mass is 10.1. The zero-order valence-electron chi connectivity index (χ0n) is 9.99. The molecule has 0 aromatic carbocycles. The predicted molar refractivity (Wildman–Crippen MR) is 63.5 cm³/mol. The standard InChI is InChI=1S/C13H21NO/c1-4-6-12(7-5-2)10-14-9-11(3)8-13(14)15/h4,6-7,11H,5,8-10H2,1-3H3/b6-4-,12-7+. The second-order valence-electron chi connectivity index (χ2n) is 4.27. The van der Waals surface area contributed by atoms with Gasteiger partial charge in [0.05, 0.1) is 0 Å². The van der Waals surface area contributed by atoms with Crippen molar-refractivity contribution in [2.45, 2.75) is 33.6 Å². The summed E-state index contributed by atoms with van der Waals surface area (Å²) in [6.45, 7) is 7.96. The Bertz CT molecular complexity index is 278. The molecule has 1 rings (SSSR count). The summed E-state index contributed by atoms with van der Waals surface area (Å²) in [4.78, 5) is 13.6. The molecule has 2 heteroatoms. The summed E-state index contributed by atoms with van der Waals surface area (Å²) >= 11 is 0. The van der Waals surface area contributed by atoms with Gasteiger partial charge in [-0.15, -0.1) is 0 Å². The Hall–Kier alpha value is -1.05. The number of carbonyl (C=O) groups excluding carboxylic acids is 1. The van der Waals surface area contributed by atoms with Crippen LogP contribution in [0, 0.1) is 5.92 Å². The SMILES string of the molecule is C/C=C\C(=C/CC)CN1CC(C)CC1=O. The monoisotopic (exact) mass is 207 g/mol. The van der Waals surface area contributed by atoms with Crippen molar-refractivity contribution in [3.05, 3.63) is 23.8 Å². The average Bonchev–Trinajstić information content (AvgIpc) is 2.46. The highest BCUT2D eigenvalue weighted by Crippen LogP contribution is 2.18. The van der Waals surface area contributed by atoms with E-state index in [0.29, 0.717) is 11.8 Å². The van der Waals surface area contributed by atoms with Gasteiger partial charge < -0.3 is 4.90 Å². The van der Waals surface area contributed by atoms with Crippen molar-refractivity contribution >= 4 is 5.91 Å². The van der Waals surface area contributed by atoms with Gasteiger partial charge in [0.2, 0.25) is 5.91 Å². The summed E-state index contributed by atoms with van der Waals surface area (Å²) < 4.78 is 0. The molecule has 1 amide bonds. The maximum Gasteiger partial charge on any atom is 0.223 e. The number of nitrogens with zero attached hydrogens (tertiary/aromatic N) is 1. The number of hydrogen-bond acceptors (Lipinski definition) is 1. The van der Waals surface area contributed by atoms with Gasteiger partial charge in [-0.05, 0) is 24.8 Å². The second-order valence-corrected chi connectivity index (χ2v) is 4.27. The van der Waals surface area contributed by atoms with Crippen molar-refractivity contribution in [2.24, 2.45) is 5.92 Å². The Morgan fingerprint density at radius 3 is 2.80 bits per heavy atom. The topological polar surface area (TPSA) is 20.3 Å². The van der Waals surface area contributed by atoms with Crippen molar-refractivity contribution in [1.29, 1.82) is 0 Å². The molecule has 0 aliphatic carbocycles. The highest BCUT2D eigenvalue weighted by molar-refractivity contribution is 5.78. The van der Waals surface area contributed by atoms with E-state index in [4.69, 9.17) is 0 Å². The minimum Gasteiger partial charge on any atom is -0.338 e. The van der Waals surface area contributed by atoms with E-state index in [1.54, 1.807) is 0 Å². The molecule has 1 unspecified atom stereocenters. The number of carbonyl (C=O) groups is 1. The lowest BCUT2D eigenvalue weighted by Crippen LogP contribution is -2.27. The molecule has 1 fully saturated rings. The van der Waals surface area contributed by atoms with Crippen LogP contribution in [0.1, 0.15) is 33.6 Å². The van der Waals surface area contributed by atoms with Gasteiger partial charge in [0.25, 0.3) is 0 Å². The van der Waals surface area contributed by atoms with Crippen LogP contribution >= 0.6 is 0 Å². The first-order chi connectivity index (χ1) is 7.17. The predicted octanol–water partition coefficient (Wildman–Crippen LogP) is 2.77. The number of likely N-dealkylation sites (tertiary alicyclic amines) is 1. The molecule has 0 aromatic heterocycles. The summed E-state index contributed by atoms with van der Waals surface area (Å²) in [5, 5.41) is 0. The Labute approximate surface area is 92.7 Å². The normalized spacial score (nSPS) is 23.1. The van der Waals surface area contributed by atoms with E-state index in [2.05, 4.69) is 26.0 Å². The maximum atomic E-state index is 11.6. The first-order valence-electron chi connectivity index (χ1n) is 5.76. The van der Waals surface area contributed by atoms with Crippen LogP contribution in [0.15, 0.2) is 23.8 Å². The smallest absolute Gasteiger partial charge is 0.223 e. The van der Waals surface area contributed by atoms with Gasteiger partial charge in [0.1, 0.15) is 0 Å². The Morgan fingerprint density at radius 1 is 1.60 bits per heavy atom. The molecule has 2 nitrogen and oxygen atoms in total. The highest BCUT2D eigenvalue weighted by atomic mass is 16.2. The molecule has 0 saturated carbocycles. The number of allylic oxidation sites excluding steroid dienone is 2. The molecule has 0 bridgehead atoms. The van der Waals surface area contributed by atoms with E-state index in [9.17, 15) is 4.79 Å². The van der Waals surface area contributed by atoms with Gasteiger partial charge in [-0.3, -0.25) is 4.79 Å². The first kappa shape index (κ1) is 12.0. The largest absolute Gasteiger partial charge is 0.338 e. The highest BCUT2D eigenvalue weighted by Gasteiger charge is 2.26. The molecule has 1 atom stereocenters. The third kappa shape index (κ3) is 3.54. The van der Waals surface area contributed by atoms with Gasteiger partial charge in [-0.2, -0.15) is 0 Å². The molecule has 1 saturated heterocycles. The van der Waals surface area contributed by atoms with E-state index in [1.165, 1.54) is 5.57 Å². The van der Waals surface area contributed by atoms with Crippen LogP contribution in [0.25, 0.3) is 0 Å². The third-order valence-electron chi connectivity index (χ3n) is 2.63. The lowest BCUT2D eigenvalue weighted by Gasteiger charge is -2.16. The van der Waals surface area contributed by atoms with Crippen LogP contribution in [0.5, 0.6) is 0 Å². The summed E-state index contributed by atoms with van der Waals surface area (Å²) in [5.74, 6) is 0.819. The summed E-state index contributed by atoms with van der Waals surface area (Å²) in [6.07, 6.45) is 8.06. The van der Waals surface area contributed by atoms with Crippen LogP contribution in [0.2, 0.25) is 0 Å². The molecule has 0 aromatic rings. The molecule has 1 aliphatic rings. The lowest BCUT2D eigenvalue weighted by molar-refractivity contribution is -0.127. The summed E-state index contributed by atoms with van der Waals surface area (Å²) in [7, 11) is 0. The zero-order chi connectivity index (χ0) is 11.3. The number of hydrogen-bond donors (Lipinski definition) is 0. The van der Waals surface area contributed by atoms with Crippen molar-refractivity contribution in [3.8, 4) is 0 Å². The van der Waals surface area contributed by atoms with E-state index in [1.807, 2.05) is 17.9 Å². The summed E-state index contributed by atoms with van der Waals surface area (Å²) in [5.41, 5.74) is 1.25. The Balaban J connectivity index is 2.59. The van der Waals surface area contributed by atoms with Gasteiger partial charge in [-0.25, -0.2) is 0 Å². The second kappa shape index (κ2) is 5.74. The Kier molecular flexibility index (Phi) is 4.60. The quantitative estimate of drug-likeness (QED) is 0.649. The molecule has 0 spiro atoms. The van der Waals surface area contributed by atoms with E-state index in [-0.39, 0.29) is 0 Å². The minimum absolute atomic E-state index is 0.300. The molecule has 1 aliphatic heterocycles. The molecular weight excluding hydrogens is 186 g/mol. The van der Waals surface area contributed by atoms with Gasteiger partial charge >= 0.3 is 0 Å². The fourth-order valence-corrected chi connectivity index (χ4v) is 2.00. The molecule has 0 radical (unpaired) electrons. The number of rotatable bonds is 4. The van der Waals surface area contributed by atoms with Crippen LogP contribution in [-0.4, -0.2) is 23.9 Å². The summed E-state index contributed by atoms with van der Waals surface area (Å²) in [6, 6.07) is 0. The molecule has 1 heterocycles. The fourth-order valence-electron chi connectivity index (χ4n) is 2.00. The van der Waals surface area contributed by atoms with Gasteiger partial charge in [-0.1, -0.05) is 32.1 Å². The van der Waals surface area contributed by atoms with Gasteiger partial charge in [0.15, 0.2) is 0 Å². The van der Waals surface area contributed by atoms with E-state index >= 15 is 0 Å². The van der Waals surface area contributed by atoms with Crippen molar-refractivity contribution in [1.82, 2.24) is 4.90 Å². The molecule has 84 valence electrons. The molecular formula is C13H21NO. The third-order valence-corrected chi connectivity index (χ3v) is 2.63. The fraction of sp³-hybridized carbons (Fsp3) is 0.615. The zero-order valence-corrected chi connectivity index (χ0v) is 9.99. The maximum absolute atomic E-state index is 11.6. The molecule has 0 N–H and O–H groups in total. The average molecular weight is 207 g/mol. The minimum atomic E-state index is 0.300. The molecule has 15 heavy (non-hydrogen) atoms. The number of amides is 1. The van der Waals surface area contributed by atoms with Crippen molar-refractivity contribution in [3.63, 3.8) is 0 Å². The van der Waals surface area contributed by atoms with Crippen molar-refractivity contribution in [2.75, 3.05) is 13.1 Å². The first-order valence-corrected chi connectivity index (χ1v) is 5.76. The van der Waals surface area contributed by atoms with Crippen LogP contribution < -0.4 is 0 Å². The Morgan fingerprint density at radius 2 is 2.33 bits per heavy atom.